The molecule has 0 amide bonds. The monoisotopic (exact) mass is 608 g/mol. The third kappa shape index (κ3) is 6.60. The minimum absolute atomic E-state index is 0.0140. The molecular formula is C29H56N4O4Si3. The van der Waals surface area contributed by atoms with E-state index in [1.54, 1.807) is 12.5 Å². The summed E-state index contributed by atoms with van der Waals surface area (Å²) in [7, 11) is -6.48. The first-order valence-corrected chi connectivity index (χ1v) is 23.3. The van der Waals surface area contributed by atoms with Gasteiger partial charge in [0.2, 0.25) is 0 Å². The predicted molar refractivity (Wildman–Crippen MR) is 173 cm³/mol. The van der Waals surface area contributed by atoms with Crippen molar-refractivity contribution < 1.29 is 18.0 Å². The molecule has 0 radical (unpaired) electrons. The van der Waals surface area contributed by atoms with Crippen molar-refractivity contribution in [3.8, 4) is 0 Å². The number of fused-ring (bicyclic) bond motifs is 1. The number of hydrogen-bond donors (Lipinski definition) is 1. The van der Waals surface area contributed by atoms with Crippen LogP contribution in [0.2, 0.25) is 54.4 Å². The van der Waals surface area contributed by atoms with E-state index in [4.69, 9.17) is 23.7 Å². The highest BCUT2D eigenvalue weighted by Gasteiger charge is 2.55. The first-order valence-electron chi connectivity index (χ1n) is 14.6. The summed E-state index contributed by atoms with van der Waals surface area (Å²) in [4.78, 5) is 8.86. The molecule has 40 heavy (non-hydrogen) atoms. The zero-order chi connectivity index (χ0) is 30.7. The molecular weight excluding hydrogens is 553 g/mol. The van der Waals surface area contributed by atoms with Crippen LogP contribution in [0.25, 0.3) is 11.0 Å². The lowest BCUT2D eigenvalue weighted by molar-refractivity contribution is -0.0468. The second-order valence-electron chi connectivity index (χ2n) is 16.0. The molecule has 3 rings (SSSR count). The maximum Gasteiger partial charge on any atom is 0.192 e. The Hall–Kier alpha value is -1.09. The number of rotatable bonds is 8. The summed E-state index contributed by atoms with van der Waals surface area (Å²) in [6.07, 6.45) is 2.16. The number of imidazole rings is 1. The smallest absolute Gasteiger partial charge is 0.192 e. The molecule has 3 heterocycles. The SMILES string of the molecule is CC(C)(C)[Si](C)(C)OCC1OC(n2cnc3c(N)nccc32)C(O[Si](C)(C)C(C)(C)C)C1O[Si](C)(C)C(C)(C)C. The molecule has 11 heteroatoms. The summed E-state index contributed by atoms with van der Waals surface area (Å²) in [5, 5.41) is 0.127. The highest BCUT2D eigenvalue weighted by molar-refractivity contribution is 6.75. The first kappa shape index (κ1) is 33.4. The lowest BCUT2D eigenvalue weighted by Crippen LogP contribution is -2.54. The normalized spacial score (nSPS) is 23.8. The summed E-state index contributed by atoms with van der Waals surface area (Å²) in [6, 6.07) is 1.94. The molecule has 1 aliphatic rings. The van der Waals surface area contributed by atoms with Gasteiger partial charge in [-0.1, -0.05) is 62.3 Å². The van der Waals surface area contributed by atoms with Crippen LogP contribution in [0.1, 0.15) is 68.5 Å². The molecule has 0 spiro atoms. The van der Waals surface area contributed by atoms with Crippen molar-refractivity contribution in [1.29, 1.82) is 0 Å². The molecule has 228 valence electrons. The highest BCUT2D eigenvalue weighted by atomic mass is 28.4. The highest BCUT2D eigenvalue weighted by Crippen LogP contribution is 2.47. The number of hydrogen-bond acceptors (Lipinski definition) is 7. The molecule has 1 fully saturated rings. The van der Waals surface area contributed by atoms with Crippen molar-refractivity contribution in [2.45, 2.75) is 141 Å². The van der Waals surface area contributed by atoms with Crippen molar-refractivity contribution in [1.82, 2.24) is 14.5 Å². The maximum absolute atomic E-state index is 7.25. The second-order valence-corrected chi connectivity index (χ2v) is 30.4. The molecule has 2 aromatic heterocycles. The van der Waals surface area contributed by atoms with E-state index in [-0.39, 0.29) is 33.4 Å². The van der Waals surface area contributed by atoms with Gasteiger partial charge in [-0.3, -0.25) is 0 Å². The van der Waals surface area contributed by atoms with Gasteiger partial charge in [-0.25, -0.2) is 9.97 Å². The van der Waals surface area contributed by atoms with Gasteiger partial charge in [0.05, 0.1) is 18.5 Å². The molecule has 4 atom stereocenters. The Morgan fingerprint density at radius 3 is 1.80 bits per heavy atom. The van der Waals surface area contributed by atoms with Crippen LogP contribution < -0.4 is 5.73 Å². The van der Waals surface area contributed by atoms with Crippen LogP contribution in [0.5, 0.6) is 0 Å². The summed E-state index contributed by atoms with van der Waals surface area (Å²) in [6.45, 7) is 34.6. The zero-order valence-corrected chi connectivity index (χ0v) is 30.8. The average Bonchev–Trinajstić information content (AvgIpc) is 3.32. The Kier molecular flexibility index (Phi) is 9.09. The lowest BCUT2D eigenvalue weighted by Gasteiger charge is -2.44. The van der Waals surface area contributed by atoms with E-state index in [0.29, 0.717) is 17.9 Å². The van der Waals surface area contributed by atoms with E-state index in [2.05, 4.69) is 116 Å². The quantitative estimate of drug-likeness (QED) is 0.307. The number of nitrogens with zero attached hydrogens (tertiary/aromatic N) is 3. The van der Waals surface area contributed by atoms with E-state index < -0.39 is 31.2 Å². The maximum atomic E-state index is 7.25. The third-order valence-corrected chi connectivity index (χ3v) is 23.4. The van der Waals surface area contributed by atoms with E-state index in [0.717, 1.165) is 5.52 Å². The van der Waals surface area contributed by atoms with Crippen LogP contribution in [0.4, 0.5) is 5.82 Å². The van der Waals surface area contributed by atoms with Gasteiger partial charge in [0, 0.05) is 6.20 Å². The third-order valence-electron chi connectivity index (χ3n) is 9.97. The molecule has 0 saturated carbocycles. The largest absolute Gasteiger partial charge is 0.414 e. The van der Waals surface area contributed by atoms with Gasteiger partial charge < -0.3 is 28.3 Å². The molecule has 4 unspecified atom stereocenters. The van der Waals surface area contributed by atoms with Gasteiger partial charge in [-0.05, 0) is 60.5 Å². The van der Waals surface area contributed by atoms with Crippen LogP contribution in [0.15, 0.2) is 18.6 Å². The predicted octanol–water partition coefficient (Wildman–Crippen LogP) is 7.71. The Morgan fingerprint density at radius 1 is 0.800 bits per heavy atom. The Balaban J connectivity index is 2.15. The fourth-order valence-electron chi connectivity index (χ4n) is 4.06. The minimum atomic E-state index is -2.23. The molecule has 1 aliphatic heterocycles. The van der Waals surface area contributed by atoms with Gasteiger partial charge in [-0.2, -0.15) is 0 Å². The van der Waals surface area contributed by atoms with Gasteiger partial charge >= 0.3 is 0 Å². The summed E-state index contributed by atoms with van der Waals surface area (Å²) in [5.41, 5.74) is 7.74. The Labute approximate surface area is 246 Å². The van der Waals surface area contributed by atoms with Gasteiger partial charge in [-0.15, -0.1) is 0 Å². The first-order chi connectivity index (χ1) is 17.9. The van der Waals surface area contributed by atoms with E-state index >= 15 is 0 Å². The van der Waals surface area contributed by atoms with Crippen molar-refractivity contribution in [3.05, 3.63) is 18.6 Å². The second kappa shape index (κ2) is 10.9. The number of aromatic nitrogens is 3. The lowest BCUT2D eigenvalue weighted by atomic mass is 10.1. The molecule has 2 aromatic rings. The van der Waals surface area contributed by atoms with E-state index in [1.807, 2.05) is 6.07 Å². The van der Waals surface area contributed by atoms with Crippen LogP contribution in [-0.4, -0.2) is 64.4 Å². The zero-order valence-electron chi connectivity index (χ0n) is 27.8. The fourth-order valence-corrected chi connectivity index (χ4v) is 7.68. The number of nitrogens with two attached hydrogens (primary N) is 1. The number of anilines is 1. The molecule has 8 nitrogen and oxygen atoms in total. The van der Waals surface area contributed by atoms with E-state index in [9.17, 15) is 0 Å². The van der Waals surface area contributed by atoms with Crippen molar-refractivity contribution in [3.63, 3.8) is 0 Å². The topological polar surface area (TPSA) is 93.7 Å². The van der Waals surface area contributed by atoms with Crippen molar-refractivity contribution in [2.75, 3.05) is 12.3 Å². The standard InChI is InChI=1S/C29H56N4O4Si3/c1-27(2,3)38(10,11)34-18-21-23(36-39(12,13)28(4,5)6)24(37-40(14,15)29(7,8)9)26(35-21)33-19-32-22-20(33)16-17-31-25(22)30/h16-17,19,21,23-24,26H,18H2,1-15H3,(H2,30,31). The van der Waals surface area contributed by atoms with Crippen LogP contribution in [0, 0.1) is 0 Å². The number of nitrogen functional groups attached to an aromatic ring is 1. The van der Waals surface area contributed by atoms with Gasteiger partial charge in [0.25, 0.3) is 0 Å². The number of pyridine rings is 1. The van der Waals surface area contributed by atoms with E-state index in [1.165, 1.54) is 0 Å². The van der Waals surface area contributed by atoms with Crippen LogP contribution in [-0.2, 0) is 18.0 Å². The van der Waals surface area contributed by atoms with Crippen molar-refractivity contribution in [2.24, 2.45) is 0 Å². The van der Waals surface area contributed by atoms with Crippen molar-refractivity contribution >= 4 is 41.8 Å². The molecule has 2 N–H and O–H groups in total. The minimum Gasteiger partial charge on any atom is -0.414 e. The Morgan fingerprint density at radius 2 is 1.30 bits per heavy atom. The average molecular weight is 609 g/mol. The fraction of sp³-hybridized carbons (Fsp3) is 0.793. The molecule has 0 aliphatic carbocycles. The number of ether oxygens (including phenoxy) is 1. The van der Waals surface area contributed by atoms with Gasteiger partial charge in [0.1, 0.15) is 23.8 Å². The van der Waals surface area contributed by atoms with Gasteiger partial charge in [0.15, 0.2) is 37.0 Å². The summed E-state index contributed by atoms with van der Waals surface area (Å²) in [5.74, 6) is 0.406. The molecule has 0 aromatic carbocycles. The summed E-state index contributed by atoms with van der Waals surface area (Å²) < 4.78 is 30.3. The molecule has 1 saturated heterocycles. The molecule has 0 bridgehead atoms. The van der Waals surface area contributed by atoms with Crippen LogP contribution >= 0.6 is 0 Å². The Bertz CT molecular complexity index is 1180. The van der Waals surface area contributed by atoms with Crippen LogP contribution in [0.3, 0.4) is 0 Å². The summed E-state index contributed by atoms with van der Waals surface area (Å²) >= 11 is 0.